The van der Waals surface area contributed by atoms with E-state index in [1.54, 1.807) is 36.9 Å². The molecule has 0 fully saturated rings. The van der Waals surface area contributed by atoms with E-state index in [1.807, 2.05) is 30.3 Å². The maximum atomic E-state index is 12.9. The fourth-order valence-electron chi connectivity index (χ4n) is 2.98. The van der Waals surface area contributed by atoms with Gasteiger partial charge in [-0.25, -0.2) is 4.68 Å². The van der Waals surface area contributed by atoms with Crippen molar-refractivity contribution >= 4 is 17.8 Å². The molecule has 0 aliphatic rings. The maximum Gasteiger partial charge on any atom is 0.295 e. The molecule has 3 rings (SSSR count). The molecule has 1 heterocycles. The summed E-state index contributed by atoms with van der Waals surface area (Å²) < 4.78 is 13.9. The quantitative estimate of drug-likeness (QED) is 0.353. The summed E-state index contributed by atoms with van der Waals surface area (Å²) in [7, 11) is 3.21. The number of benzene rings is 2. The Morgan fingerprint density at radius 2 is 1.93 bits per heavy atom. The molecule has 2 N–H and O–H groups in total. The molecule has 3 aromatic rings. The molecular formula is C21H22N4O5. The van der Waals surface area contributed by atoms with Crippen LogP contribution in [0.25, 0.3) is 5.69 Å². The smallest absolute Gasteiger partial charge is 0.295 e. The molecule has 0 saturated heterocycles. The number of ether oxygens (including phenoxy) is 2. The first kappa shape index (κ1) is 20.7. The highest BCUT2D eigenvalue weighted by molar-refractivity contribution is 5.92. The van der Waals surface area contributed by atoms with Crippen molar-refractivity contribution in [3.05, 3.63) is 70.1 Å². The van der Waals surface area contributed by atoms with Crippen molar-refractivity contribution in [2.24, 2.45) is 12.2 Å². The van der Waals surface area contributed by atoms with E-state index in [0.29, 0.717) is 28.4 Å². The number of hydrogen-bond acceptors (Lipinski definition) is 6. The fraction of sp³-hybridized carbons (Fsp3) is 0.190. The summed E-state index contributed by atoms with van der Waals surface area (Å²) in [6.07, 6.45) is 1.24. The number of oxime groups is 1. The maximum absolute atomic E-state index is 12.9. The monoisotopic (exact) mass is 410 g/mol. The van der Waals surface area contributed by atoms with Gasteiger partial charge in [0.05, 0.1) is 24.7 Å². The SMILES string of the molecule is COc1cc(/C=N/O)ccc1OCC(=O)Nc1c(C)n(C)n(-c2ccccc2)c1=O. The van der Waals surface area contributed by atoms with Crippen LogP contribution < -0.4 is 20.3 Å². The highest BCUT2D eigenvalue weighted by atomic mass is 16.5. The summed E-state index contributed by atoms with van der Waals surface area (Å²) in [5, 5.41) is 14.2. The molecule has 0 aliphatic heterocycles. The summed E-state index contributed by atoms with van der Waals surface area (Å²) >= 11 is 0. The van der Waals surface area contributed by atoms with E-state index in [2.05, 4.69) is 10.5 Å². The topological polar surface area (TPSA) is 107 Å². The van der Waals surface area contributed by atoms with E-state index >= 15 is 0 Å². The van der Waals surface area contributed by atoms with Crippen LogP contribution in [0.1, 0.15) is 11.3 Å². The molecule has 9 heteroatoms. The van der Waals surface area contributed by atoms with Crippen LogP contribution in [0, 0.1) is 6.92 Å². The van der Waals surface area contributed by atoms with Crippen LogP contribution >= 0.6 is 0 Å². The first-order valence-electron chi connectivity index (χ1n) is 9.08. The fourth-order valence-corrected chi connectivity index (χ4v) is 2.98. The Labute approximate surface area is 172 Å². The van der Waals surface area contributed by atoms with Crippen LogP contribution in [0.3, 0.4) is 0 Å². The third-order valence-corrected chi connectivity index (χ3v) is 4.57. The van der Waals surface area contributed by atoms with Crippen molar-refractivity contribution in [2.75, 3.05) is 19.0 Å². The van der Waals surface area contributed by atoms with Gasteiger partial charge in [0.25, 0.3) is 11.5 Å². The number of nitrogens with zero attached hydrogens (tertiary/aromatic N) is 3. The van der Waals surface area contributed by atoms with Crippen LogP contribution in [-0.2, 0) is 11.8 Å². The number of amides is 1. The largest absolute Gasteiger partial charge is 0.493 e. The van der Waals surface area contributed by atoms with Gasteiger partial charge in [-0.1, -0.05) is 23.4 Å². The summed E-state index contributed by atoms with van der Waals surface area (Å²) in [6.45, 7) is 1.44. The molecule has 0 saturated carbocycles. The molecule has 1 amide bonds. The van der Waals surface area contributed by atoms with E-state index < -0.39 is 5.91 Å². The van der Waals surface area contributed by atoms with E-state index in [-0.39, 0.29) is 17.9 Å². The van der Waals surface area contributed by atoms with Crippen molar-refractivity contribution in [1.82, 2.24) is 9.36 Å². The first-order chi connectivity index (χ1) is 14.5. The minimum Gasteiger partial charge on any atom is -0.493 e. The Morgan fingerprint density at radius 3 is 2.60 bits per heavy atom. The Hall–Kier alpha value is -4.01. The number of para-hydroxylation sites is 1. The van der Waals surface area contributed by atoms with Crippen LogP contribution in [0.5, 0.6) is 11.5 Å². The second kappa shape index (κ2) is 8.99. The number of anilines is 1. The van der Waals surface area contributed by atoms with Crippen LogP contribution in [0.15, 0.2) is 58.5 Å². The molecule has 0 radical (unpaired) electrons. The standard InChI is InChI=1S/C21H22N4O5/c1-14-20(21(27)25(24(14)2)16-7-5-4-6-8-16)23-19(26)13-30-17-10-9-15(12-22-28)11-18(17)29-3/h4-12,28H,13H2,1-3H3,(H,23,26)/b22-12+. The second-order valence-corrected chi connectivity index (χ2v) is 6.43. The third kappa shape index (κ3) is 4.19. The van der Waals surface area contributed by atoms with Gasteiger partial charge < -0.3 is 20.0 Å². The zero-order chi connectivity index (χ0) is 21.7. The summed E-state index contributed by atoms with van der Waals surface area (Å²) in [4.78, 5) is 25.3. The summed E-state index contributed by atoms with van der Waals surface area (Å²) in [5.74, 6) is 0.237. The molecule has 1 aromatic heterocycles. The highest BCUT2D eigenvalue weighted by Gasteiger charge is 2.18. The Kier molecular flexibility index (Phi) is 6.21. The molecule has 0 aliphatic carbocycles. The van der Waals surface area contributed by atoms with Gasteiger partial charge in [0.1, 0.15) is 5.69 Å². The lowest BCUT2D eigenvalue weighted by Crippen LogP contribution is -2.25. The van der Waals surface area contributed by atoms with Crippen molar-refractivity contribution in [3.63, 3.8) is 0 Å². The number of carbonyl (C=O) groups is 1. The zero-order valence-electron chi connectivity index (χ0n) is 16.8. The number of methoxy groups -OCH3 is 1. The van der Waals surface area contributed by atoms with Gasteiger partial charge in [-0.05, 0) is 37.3 Å². The summed E-state index contributed by atoms with van der Waals surface area (Å²) in [5.41, 5.74) is 1.77. The Balaban J connectivity index is 1.76. The summed E-state index contributed by atoms with van der Waals surface area (Å²) in [6, 6.07) is 14.0. The third-order valence-electron chi connectivity index (χ3n) is 4.57. The zero-order valence-corrected chi connectivity index (χ0v) is 16.8. The molecule has 0 bridgehead atoms. The lowest BCUT2D eigenvalue weighted by Gasteiger charge is -2.11. The van der Waals surface area contributed by atoms with Crippen molar-refractivity contribution in [1.29, 1.82) is 0 Å². The molecule has 0 atom stereocenters. The molecule has 30 heavy (non-hydrogen) atoms. The minimum absolute atomic E-state index is 0.191. The molecule has 9 nitrogen and oxygen atoms in total. The van der Waals surface area contributed by atoms with Gasteiger partial charge in [-0.2, -0.15) is 0 Å². The molecular weight excluding hydrogens is 388 g/mol. The first-order valence-corrected chi connectivity index (χ1v) is 9.08. The van der Waals surface area contributed by atoms with Gasteiger partial charge in [-0.3, -0.25) is 14.3 Å². The van der Waals surface area contributed by atoms with Gasteiger partial charge in [0.2, 0.25) is 0 Å². The number of rotatable bonds is 7. The normalized spacial score (nSPS) is 10.9. The predicted molar refractivity (Wildman–Crippen MR) is 112 cm³/mol. The average molecular weight is 410 g/mol. The van der Waals surface area contributed by atoms with Gasteiger partial charge in [0.15, 0.2) is 18.1 Å². The lowest BCUT2D eigenvalue weighted by molar-refractivity contribution is -0.118. The predicted octanol–water partition coefficient (Wildman–Crippen LogP) is 2.32. The minimum atomic E-state index is -0.482. The number of nitrogens with one attached hydrogen (secondary N) is 1. The van der Waals surface area contributed by atoms with Crippen molar-refractivity contribution in [2.45, 2.75) is 6.92 Å². The second-order valence-electron chi connectivity index (χ2n) is 6.43. The van der Waals surface area contributed by atoms with E-state index in [1.165, 1.54) is 18.0 Å². The van der Waals surface area contributed by atoms with Crippen LogP contribution in [0.2, 0.25) is 0 Å². The van der Waals surface area contributed by atoms with Crippen LogP contribution in [-0.4, -0.2) is 40.4 Å². The Bertz CT molecular complexity index is 1130. The highest BCUT2D eigenvalue weighted by Crippen LogP contribution is 2.27. The van der Waals surface area contributed by atoms with Gasteiger partial charge >= 0.3 is 0 Å². The van der Waals surface area contributed by atoms with Crippen LogP contribution in [0.4, 0.5) is 5.69 Å². The van der Waals surface area contributed by atoms with Gasteiger partial charge in [-0.15, -0.1) is 0 Å². The van der Waals surface area contributed by atoms with E-state index in [4.69, 9.17) is 14.7 Å². The van der Waals surface area contributed by atoms with Gasteiger partial charge in [0, 0.05) is 12.6 Å². The van der Waals surface area contributed by atoms with E-state index in [9.17, 15) is 9.59 Å². The molecule has 156 valence electrons. The van der Waals surface area contributed by atoms with Crippen molar-refractivity contribution < 1.29 is 19.5 Å². The number of hydrogen-bond donors (Lipinski definition) is 2. The van der Waals surface area contributed by atoms with Crippen molar-refractivity contribution in [3.8, 4) is 17.2 Å². The number of aromatic nitrogens is 2. The molecule has 0 spiro atoms. The molecule has 0 unspecified atom stereocenters. The Morgan fingerprint density at radius 1 is 1.20 bits per heavy atom. The number of carbonyl (C=O) groups excluding carboxylic acids is 1. The average Bonchev–Trinajstić information content (AvgIpc) is 2.96. The van der Waals surface area contributed by atoms with E-state index in [0.717, 1.165) is 0 Å². The lowest BCUT2D eigenvalue weighted by atomic mass is 10.2. The molecule has 2 aromatic carbocycles.